The van der Waals surface area contributed by atoms with Gasteiger partial charge in [-0.25, -0.2) is 0 Å². The van der Waals surface area contributed by atoms with Crippen LogP contribution in [0.1, 0.15) is 57.2 Å². The molecule has 1 heterocycles. The Morgan fingerprint density at radius 3 is 2.61 bits per heavy atom. The van der Waals surface area contributed by atoms with Crippen LogP contribution < -0.4 is 0 Å². The van der Waals surface area contributed by atoms with Crippen molar-refractivity contribution in [2.45, 2.75) is 64.5 Å². The SMILES string of the molecule is Cc1ccc(C#N)cc1[C@]1(C)C[C@@H](C)[C@H]2[C@H](C1)C(C)(C)ON2C. The van der Waals surface area contributed by atoms with Gasteiger partial charge in [0, 0.05) is 19.0 Å². The van der Waals surface area contributed by atoms with Gasteiger partial charge in [-0.3, -0.25) is 4.84 Å². The monoisotopic (exact) mass is 312 g/mol. The molecule has 3 rings (SSSR count). The molecule has 3 nitrogen and oxygen atoms in total. The first-order chi connectivity index (χ1) is 10.7. The average Bonchev–Trinajstić information content (AvgIpc) is 2.68. The molecular weight excluding hydrogens is 284 g/mol. The normalized spacial score (nSPS) is 36.5. The lowest BCUT2D eigenvalue weighted by molar-refractivity contribution is -0.182. The Kier molecular flexibility index (Phi) is 3.82. The third-order valence-corrected chi connectivity index (χ3v) is 6.15. The summed E-state index contributed by atoms with van der Waals surface area (Å²) < 4.78 is 0. The van der Waals surface area contributed by atoms with Gasteiger partial charge in [0.2, 0.25) is 0 Å². The Morgan fingerprint density at radius 1 is 1.26 bits per heavy atom. The van der Waals surface area contributed by atoms with E-state index in [9.17, 15) is 5.26 Å². The number of rotatable bonds is 1. The molecule has 1 aliphatic heterocycles. The zero-order valence-corrected chi connectivity index (χ0v) is 15.2. The molecule has 0 aromatic heterocycles. The van der Waals surface area contributed by atoms with Crippen LogP contribution in [0.25, 0.3) is 0 Å². The molecule has 1 aliphatic carbocycles. The van der Waals surface area contributed by atoms with Crippen LogP contribution in [0.5, 0.6) is 0 Å². The topological polar surface area (TPSA) is 36.3 Å². The highest BCUT2D eigenvalue weighted by Crippen LogP contribution is 2.53. The second-order valence-electron chi connectivity index (χ2n) is 8.43. The van der Waals surface area contributed by atoms with E-state index in [-0.39, 0.29) is 11.0 Å². The number of hydroxylamine groups is 2. The van der Waals surface area contributed by atoms with Crippen molar-refractivity contribution in [3.8, 4) is 6.07 Å². The van der Waals surface area contributed by atoms with Gasteiger partial charge in [-0.1, -0.05) is 19.9 Å². The van der Waals surface area contributed by atoms with Crippen LogP contribution in [0.15, 0.2) is 18.2 Å². The van der Waals surface area contributed by atoms with Crippen molar-refractivity contribution in [2.24, 2.45) is 11.8 Å². The number of fused-ring (bicyclic) bond motifs is 1. The first kappa shape index (κ1) is 16.5. The molecule has 1 aromatic rings. The first-order valence-corrected chi connectivity index (χ1v) is 8.61. The summed E-state index contributed by atoms with van der Waals surface area (Å²) in [6.07, 6.45) is 2.24. The van der Waals surface area contributed by atoms with Gasteiger partial charge >= 0.3 is 0 Å². The maximum Gasteiger partial charge on any atom is 0.0991 e. The van der Waals surface area contributed by atoms with E-state index in [0.29, 0.717) is 17.9 Å². The lowest BCUT2D eigenvalue weighted by Crippen LogP contribution is -2.48. The zero-order chi connectivity index (χ0) is 17.0. The van der Waals surface area contributed by atoms with Gasteiger partial charge < -0.3 is 0 Å². The minimum absolute atomic E-state index is 0.101. The second-order valence-corrected chi connectivity index (χ2v) is 8.43. The smallest absolute Gasteiger partial charge is 0.0991 e. The number of benzene rings is 1. The number of hydrogen-bond donors (Lipinski definition) is 0. The van der Waals surface area contributed by atoms with Crippen molar-refractivity contribution >= 4 is 0 Å². The van der Waals surface area contributed by atoms with Gasteiger partial charge in [0.15, 0.2) is 0 Å². The van der Waals surface area contributed by atoms with Crippen molar-refractivity contribution in [2.75, 3.05) is 7.05 Å². The van der Waals surface area contributed by atoms with Crippen LogP contribution in [-0.4, -0.2) is 23.8 Å². The highest BCUT2D eigenvalue weighted by atomic mass is 16.7. The number of nitriles is 1. The summed E-state index contributed by atoms with van der Waals surface area (Å²) in [6.45, 7) is 11.3. The highest BCUT2D eigenvalue weighted by Gasteiger charge is 2.55. The lowest BCUT2D eigenvalue weighted by atomic mass is 9.58. The molecule has 1 saturated heterocycles. The summed E-state index contributed by atoms with van der Waals surface area (Å²) in [7, 11) is 2.08. The van der Waals surface area contributed by atoms with Crippen molar-refractivity contribution in [3.63, 3.8) is 0 Å². The maximum absolute atomic E-state index is 9.28. The molecule has 0 amide bonds. The Hall–Kier alpha value is -1.37. The van der Waals surface area contributed by atoms with Crippen molar-refractivity contribution in [1.82, 2.24) is 5.06 Å². The molecule has 2 fully saturated rings. The van der Waals surface area contributed by atoms with E-state index in [1.807, 2.05) is 6.07 Å². The van der Waals surface area contributed by atoms with Crippen LogP contribution in [0.2, 0.25) is 0 Å². The zero-order valence-electron chi connectivity index (χ0n) is 15.2. The van der Waals surface area contributed by atoms with E-state index in [1.165, 1.54) is 11.1 Å². The molecule has 1 saturated carbocycles. The average molecular weight is 312 g/mol. The molecule has 2 aliphatic rings. The standard InChI is InChI=1S/C20H28N2O/c1-13-7-8-15(12-21)9-16(13)20(5)10-14(2)18-17(11-20)19(3,4)23-22(18)6/h7-9,14,17-18H,10-11H2,1-6H3/t14-,17+,18+,20-/m1/s1. The van der Waals surface area contributed by atoms with Crippen LogP contribution in [0.4, 0.5) is 0 Å². The summed E-state index contributed by atoms with van der Waals surface area (Å²) in [5, 5.41) is 11.4. The van der Waals surface area contributed by atoms with Crippen molar-refractivity contribution in [1.29, 1.82) is 5.26 Å². The van der Waals surface area contributed by atoms with Gasteiger partial charge in [0.05, 0.1) is 17.2 Å². The molecule has 0 spiro atoms. The highest BCUT2D eigenvalue weighted by molar-refractivity contribution is 5.42. The Balaban J connectivity index is 2.03. The molecule has 0 radical (unpaired) electrons. The molecular formula is C20H28N2O. The molecule has 23 heavy (non-hydrogen) atoms. The molecule has 0 bridgehead atoms. The summed E-state index contributed by atoms with van der Waals surface area (Å²) in [5.41, 5.74) is 3.37. The summed E-state index contributed by atoms with van der Waals surface area (Å²) >= 11 is 0. The minimum atomic E-state index is -0.129. The molecule has 1 aromatic carbocycles. The predicted octanol–water partition coefficient (Wildman–Crippen LogP) is 4.19. The Morgan fingerprint density at radius 2 is 1.96 bits per heavy atom. The van der Waals surface area contributed by atoms with Crippen LogP contribution in [-0.2, 0) is 10.3 Å². The summed E-state index contributed by atoms with van der Waals surface area (Å²) in [4.78, 5) is 6.15. The van der Waals surface area contributed by atoms with E-state index < -0.39 is 0 Å². The predicted molar refractivity (Wildman–Crippen MR) is 91.8 cm³/mol. The number of nitrogens with zero attached hydrogens (tertiary/aromatic N) is 2. The molecule has 4 atom stereocenters. The number of aryl methyl sites for hydroxylation is 1. The molecule has 0 unspecified atom stereocenters. The lowest BCUT2D eigenvalue weighted by Gasteiger charge is -2.47. The maximum atomic E-state index is 9.28. The van der Waals surface area contributed by atoms with Crippen molar-refractivity contribution in [3.05, 3.63) is 34.9 Å². The van der Waals surface area contributed by atoms with Gasteiger partial charge in [-0.2, -0.15) is 10.3 Å². The minimum Gasteiger partial charge on any atom is -0.293 e. The molecule has 124 valence electrons. The van der Waals surface area contributed by atoms with E-state index in [2.05, 4.69) is 64.9 Å². The van der Waals surface area contributed by atoms with E-state index in [1.54, 1.807) is 0 Å². The first-order valence-electron chi connectivity index (χ1n) is 8.61. The third-order valence-electron chi connectivity index (χ3n) is 6.15. The molecule has 0 N–H and O–H groups in total. The van der Waals surface area contributed by atoms with Crippen LogP contribution >= 0.6 is 0 Å². The largest absolute Gasteiger partial charge is 0.293 e. The van der Waals surface area contributed by atoms with Gasteiger partial charge in [-0.15, -0.1) is 0 Å². The summed E-state index contributed by atoms with van der Waals surface area (Å²) in [6, 6.07) is 8.91. The van der Waals surface area contributed by atoms with E-state index >= 15 is 0 Å². The quantitative estimate of drug-likeness (QED) is 0.780. The van der Waals surface area contributed by atoms with Crippen LogP contribution in [0, 0.1) is 30.1 Å². The Labute approximate surface area is 140 Å². The van der Waals surface area contributed by atoms with Gasteiger partial charge in [-0.05, 0) is 68.2 Å². The summed E-state index contributed by atoms with van der Waals surface area (Å²) in [5.74, 6) is 1.07. The van der Waals surface area contributed by atoms with Gasteiger partial charge in [0.25, 0.3) is 0 Å². The van der Waals surface area contributed by atoms with Crippen molar-refractivity contribution < 1.29 is 4.84 Å². The third kappa shape index (κ3) is 2.58. The molecule has 3 heteroatoms. The van der Waals surface area contributed by atoms with E-state index in [0.717, 1.165) is 18.4 Å². The van der Waals surface area contributed by atoms with E-state index in [4.69, 9.17) is 4.84 Å². The van der Waals surface area contributed by atoms with Gasteiger partial charge in [0.1, 0.15) is 0 Å². The fraction of sp³-hybridized carbons (Fsp3) is 0.650. The Bertz CT molecular complexity index is 660. The fourth-order valence-corrected chi connectivity index (χ4v) is 5.25. The number of hydrogen-bond acceptors (Lipinski definition) is 3. The fourth-order valence-electron chi connectivity index (χ4n) is 5.25. The van der Waals surface area contributed by atoms with Crippen LogP contribution in [0.3, 0.4) is 0 Å². The second kappa shape index (κ2) is 5.33.